The third-order valence-electron chi connectivity index (χ3n) is 4.06. The van der Waals surface area contributed by atoms with Gasteiger partial charge in [-0.2, -0.15) is 5.26 Å². The molecule has 0 saturated heterocycles. The van der Waals surface area contributed by atoms with E-state index in [1.165, 1.54) is 77.0 Å². The zero-order chi connectivity index (χ0) is 14.9. The fraction of sp³-hybridized carbons (Fsp3) is 0.944. The summed E-state index contributed by atoms with van der Waals surface area (Å²) < 4.78 is 0. The molecule has 0 radical (unpaired) electrons. The van der Waals surface area contributed by atoms with Crippen molar-refractivity contribution in [3.63, 3.8) is 0 Å². The summed E-state index contributed by atoms with van der Waals surface area (Å²) >= 11 is 0. The Kier molecular flexibility index (Phi) is 16.1. The van der Waals surface area contributed by atoms with E-state index in [1.54, 1.807) is 0 Å². The molecule has 2 N–H and O–H groups in total. The lowest BCUT2D eigenvalue weighted by molar-refractivity contribution is 0.506. The first-order valence-corrected chi connectivity index (χ1v) is 8.93. The summed E-state index contributed by atoms with van der Waals surface area (Å²) in [6.45, 7) is 2.27. The molecule has 0 aromatic rings. The third kappa shape index (κ3) is 15.5. The standard InChI is InChI=1S/C18H36N2/c1-2-3-4-5-6-7-8-9-10-11-12-13-15-18(20)16-14-17-19/h18H,2-16,20H2,1H3. The smallest absolute Gasteiger partial charge is 0.0622 e. The molecule has 0 aromatic carbocycles. The van der Waals surface area contributed by atoms with Crippen LogP contribution in [-0.2, 0) is 0 Å². The van der Waals surface area contributed by atoms with Gasteiger partial charge in [-0.25, -0.2) is 0 Å². The summed E-state index contributed by atoms with van der Waals surface area (Å²) in [5, 5.41) is 8.48. The second-order valence-corrected chi connectivity index (χ2v) is 6.13. The Morgan fingerprint density at radius 1 is 0.750 bits per heavy atom. The van der Waals surface area contributed by atoms with Crippen LogP contribution in [-0.4, -0.2) is 6.04 Å². The van der Waals surface area contributed by atoms with Crippen LogP contribution >= 0.6 is 0 Å². The van der Waals surface area contributed by atoms with Crippen LogP contribution in [0.2, 0.25) is 0 Å². The first kappa shape index (κ1) is 19.4. The molecule has 0 aromatic heterocycles. The number of rotatable bonds is 15. The number of unbranched alkanes of at least 4 members (excludes halogenated alkanes) is 11. The molecule has 1 atom stereocenters. The molecular weight excluding hydrogens is 244 g/mol. The average molecular weight is 280 g/mol. The van der Waals surface area contributed by atoms with Crippen molar-refractivity contribution in [2.24, 2.45) is 5.73 Å². The summed E-state index contributed by atoms with van der Waals surface area (Å²) in [7, 11) is 0. The van der Waals surface area contributed by atoms with Crippen molar-refractivity contribution in [3.05, 3.63) is 0 Å². The highest BCUT2D eigenvalue weighted by atomic mass is 14.6. The van der Waals surface area contributed by atoms with Gasteiger partial charge >= 0.3 is 0 Å². The van der Waals surface area contributed by atoms with Gasteiger partial charge in [0.05, 0.1) is 6.07 Å². The molecule has 0 heterocycles. The zero-order valence-electron chi connectivity index (χ0n) is 13.7. The number of nitrogens with zero attached hydrogens (tertiary/aromatic N) is 1. The van der Waals surface area contributed by atoms with E-state index in [4.69, 9.17) is 11.0 Å². The van der Waals surface area contributed by atoms with Crippen LogP contribution < -0.4 is 5.73 Å². The van der Waals surface area contributed by atoms with Crippen molar-refractivity contribution < 1.29 is 0 Å². The van der Waals surface area contributed by atoms with E-state index >= 15 is 0 Å². The van der Waals surface area contributed by atoms with Gasteiger partial charge in [0.15, 0.2) is 0 Å². The molecule has 0 spiro atoms. The van der Waals surface area contributed by atoms with Gasteiger partial charge in [-0.1, -0.05) is 84.0 Å². The van der Waals surface area contributed by atoms with Gasteiger partial charge in [0.2, 0.25) is 0 Å². The predicted molar refractivity (Wildman–Crippen MR) is 88.5 cm³/mol. The maximum atomic E-state index is 8.48. The molecule has 0 aliphatic carbocycles. The molecule has 1 unspecified atom stereocenters. The van der Waals surface area contributed by atoms with Gasteiger partial charge in [0.1, 0.15) is 0 Å². The van der Waals surface area contributed by atoms with Crippen LogP contribution in [0.1, 0.15) is 103 Å². The van der Waals surface area contributed by atoms with Crippen molar-refractivity contribution in [3.8, 4) is 6.07 Å². The Morgan fingerprint density at radius 3 is 1.65 bits per heavy atom. The van der Waals surface area contributed by atoms with E-state index in [0.717, 1.165) is 12.8 Å². The maximum absolute atomic E-state index is 8.48. The van der Waals surface area contributed by atoms with E-state index in [1.807, 2.05) is 0 Å². The highest BCUT2D eigenvalue weighted by molar-refractivity contribution is 4.73. The quantitative estimate of drug-likeness (QED) is 0.391. The fourth-order valence-corrected chi connectivity index (χ4v) is 2.64. The van der Waals surface area contributed by atoms with Crippen molar-refractivity contribution in [1.29, 1.82) is 5.26 Å². The third-order valence-corrected chi connectivity index (χ3v) is 4.06. The fourth-order valence-electron chi connectivity index (χ4n) is 2.64. The Morgan fingerprint density at radius 2 is 1.20 bits per heavy atom. The highest BCUT2D eigenvalue weighted by Gasteiger charge is 2.01. The van der Waals surface area contributed by atoms with Crippen molar-refractivity contribution in [1.82, 2.24) is 0 Å². The van der Waals surface area contributed by atoms with Crippen LogP contribution in [0.5, 0.6) is 0 Å². The van der Waals surface area contributed by atoms with Crippen molar-refractivity contribution in [2.75, 3.05) is 0 Å². The summed E-state index contributed by atoms with van der Waals surface area (Å²) in [4.78, 5) is 0. The molecule has 0 bridgehead atoms. The summed E-state index contributed by atoms with van der Waals surface area (Å²) in [5.74, 6) is 0. The van der Waals surface area contributed by atoms with Gasteiger partial charge in [-0.05, 0) is 12.8 Å². The summed E-state index contributed by atoms with van der Waals surface area (Å²) in [6.07, 6.45) is 19.2. The first-order chi connectivity index (χ1) is 9.81. The molecule has 0 rings (SSSR count). The van der Waals surface area contributed by atoms with E-state index < -0.39 is 0 Å². The van der Waals surface area contributed by atoms with Crippen LogP contribution in [0.15, 0.2) is 0 Å². The molecule has 0 saturated carbocycles. The number of nitrogens with two attached hydrogens (primary N) is 1. The molecule has 0 fully saturated rings. The van der Waals surface area contributed by atoms with Gasteiger partial charge in [0, 0.05) is 12.5 Å². The Labute approximate surface area is 127 Å². The van der Waals surface area contributed by atoms with E-state index in [9.17, 15) is 0 Å². The van der Waals surface area contributed by atoms with Gasteiger partial charge < -0.3 is 5.73 Å². The van der Waals surface area contributed by atoms with Crippen LogP contribution in [0, 0.1) is 11.3 Å². The molecule has 0 amide bonds. The molecule has 118 valence electrons. The molecular formula is C18H36N2. The summed E-state index contributed by atoms with van der Waals surface area (Å²) in [5.41, 5.74) is 5.94. The lowest BCUT2D eigenvalue weighted by Crippen LogP contribution is -2.19. The normalized spacial score (nSPS) is 12.2. The first-order valence-electron chi connectivity index (χ1n) is 8.93. The van der Waals surface area contributed by atoms with Gasteiger partial charge in [-0.15, -0.1) is 0 Å². The van der Waals surface area contributed by atoms with Crippen molar-refractivity contribution >= 4 is 0 Å². The average Bonchev–Trinajstić information content (AvgIpc) is 2.46. The molecule has 20 heavy (non-hydrogen) atoms. The summed E-state index contributed by atoms with van der Waals surface area (Å²) in [6, 6.07) is 2.41. The minimum absolute atomic E-state index is 0.248. The van der Waals surface area contributed by atoms with Gasteiger partial charge in [-0.3, -0.25) is 0 Å². The molecule has 0 aliphatic heterocycles. The largest absolute Gasteiger partial charge is 0.328 e. The Bertz CT molecular complexity index is 220. The highest BCUT2D eigenvalue weighted by Crippen LogP contribution is 2.13. The Hall–Kier alpha value is -0.550. The number of hydrogen-bond donors (Lipinski definition) is 1. The van der Waals surface area contributed by atoms with Crippen LogP contribution in [0.25, 0.3) is 0 Å². The van der Waals surface area contributed by atoms with Crippen LogP contribution in [0.3, 0.4) is 0 Å². The SMILES string of the molecule is CCCCCCCCCCCCCCC(N)CCC#N. The van der Waals surface area contributed by atoms with E-state index in [-0.39, 0.29) is 6.04 Å². The Balaban J connectivity index is 3.04. The number of nitriles is 1. The predicted octanol–water partition coefficient (Wildman–Crippen LogP) is 5.71. The van der Waals surface area contributed by atoms with Crippen molar-refractivity contribution in [2.45, 2.75) is 109 Å². The second-order valence-electron chi connectivity index (χ2n) is 6.13. The minimum Gasteiger partial charge on any atom is -0.328 e. The van der Waals surface area contributed by atoms with Gasteiger partial charge in [0.25, 0.3) is 0 Å². The van der Waals surface area contributed by atoms with E-state index in [2.05, 4.69) is 13.0 Å². The lowest BCUT2D eigenvalue weighted by Gasteiger charge is -2.08. The molecule has 0 aliphatic rings. The second kappa shape index (κ2) is 16.5. The molecule has 2 heteroatoms. The zero-order valence-corrected chi connectivity index (χ0v) is 13.7. The topological polar surface area (TPSA) is 49.8 Å². The number of hydrogen-bond acceptors (Lipinski definition) is 2. The maximum Gasteiger partial charge on any atom is 0.0622 e. The molecule has 2 nitrogen and oxygen atoms in total. The minimum atomic E-state index is 0.248. The van der Waals surface area contributed by atoms with E-state index in [0.29, 0.717) is 6.42 Å². The lowest BCUT2D eigenvalue weighted by atomic mass is 10.0. The van der Waals surface area contributed by atoms with Crippen LogP contribution in [0.4, 0.5) is 0 Å². The monoisotopic (exact) mass is 280 g/mol.